The number of carbonyl (C=O) groups is 1. The zero-order valence-corrected chi connectivity index (χ0v) is 10.4. The van der Waals surface area contributed by atoms with Crippen LogP contribution in [0.2, 0.25) is 0 Å². The van der Waals surface area contributed by atoms with Gasteiger partial charge in [0.2, 0.25) is 0 Å². The maximum atomic E-state index is 10.7. The summed E-state index contributed by atoms with van der Waals surface area (Å²) in [5.74, 6) is -0.872. The van der Waals surface area contributed by atoms with Gasteiger partial charge in [-0.25, -0.2) is 4.98 Å². The highest BCUT2D eigenvalue weighted by Crippen LogP contribution is 2.31. The minimum absolute atomic E-state index is 0.166. The Balaban J connectivity index is 2.10. The molecule has 0 spiro atoms. The molecular formula is C10H13ClN2O2S. The fraction of sp³-hybridized carbons (Fsp3) is 0.600. The molecule has 0 saturated carbocycles. The second-order valence-corrected chi connectivity index (χ2v) is 5.63. The molecule has 16 heavy (non-hydrogen) atoms. The van der Waals surface area contributed by atoms with Crippen LogP contribution in [0.1, 0.15) is 23.9 Å². The molecule has 0 radical (unpaired) electrons. The summed E-state index contributed by atoms with van der Waals surface area (Å²) in [4.78, 5) is 16.3. The molecule has 0 saturated heterocycles. The molecule has 0 fully saturated rings. The summed E-state index contributed by atoms with van der Waals surface area (Å²) >= 11 is 7.60. The number of halogens is 1. The summed E-state index contributed by atoms with van der Waals surface area (Å²) in [5, 5.41) is 12.5. The summed E-state index contributed by atoms with van der Waals surface area (Å²) in [6.07, 6.45) is 2.71. The van der Waals surface area contributed by atoms with Crippen LogP contribution in [0.3, 0.4) is 0 Å². The minimum Gasteiger partial charge on any atom is -0.480 e. The minimum atomic E-state index is -0.872. The van der Waals surface area contributed by atoms with E-state index in [0.717, 1.165) is 25.0 Å². The summed E-state index contributed by atoms with van der Waals surface area (Å²) in [6.45, 7) is 1.60. The number of aryl methyl sites for hydroxylation is 1. The van der Waals surface area contributed by atoms with Gasteiger partial charge in [-0.3, -0.25) is 4.79 Å². The number of nitrogens with zero attached hydrogens (tertiary/aromatic N) is 1. The standard InChI is InChI=1S/C10H13ClN2O2S/c1-5(9(14)15)12-10-13-7-4-6(11)2-3-8(7)16-10/h5-6H,2-4H2,1H3,(H,12,13)(H,14,15)/t5-,6?/m1/s1. The Kier molecular flexibility index (Phi) is 3.35. The molecule has 1 aliphatic carbocycles. The lowest BCUT2D eigenvalue weighted by atomic mass is 10.0. The average molecular weight is 261 g/mol. The number of aromatic nitrogens is 1. The number of carboxylic acids is 1. The fourth-order valence-corrected chi connectivity index (χ4v) is 2.99. The van der Waals surface area contributed by atoms with Crippen LogP contribution < -0.4 is 5.32 Å². The quantitative estimate of drug-likeness (QED) is 0.818. The highest BCUT2D eigenvalue weighted by atomic mass is 35.5. The molecule has 1 unspecified atom stereocenters. The summed E-state index contributed by atoms with van der Waals surface area (Å²) < 4.78 is 0. The molecule has 4 nitrogen and oxygen atoms in total. The molecular weight excluding hydrogens is 248 g/mol. The van der Waals surface area contributed by atoms with Crippen LogP contribution in [-0.4, -0.2) is 27.5 Å². The topological polar surface area (TPSA) is 62.2 Å². The first-order valence-corrected chi connectivity index (χ1v) is 6.43. The number of fused-ring (bicyclic) bond motifs is 1. The van der Waals surface area contributed by atoms with Gasteiger partial charge in [0.05, 0.1) is 5.69 Å². The predicted octanol–water partition coefficient (Wildman–Crippen LogP) is 2.12. The predicted molar refractivity (Wildman–Crippen MR) is 64.5 cm³/mol. The van der Waals surface area contributed by atoms with E-state index in [1.54, 1.807) is 6.92 Å². The van der Waals surface area contributed by atoms with Crippen molar-refractivity contribution in [3.05, 3.63) is 10.6 Å². The van der Waals surface area contributed by atoms with Crippen LogP contribution in [0.25, 0.3) is 0 Å². The van der Waals surface area contributed by atoms with Crippen molar-refractivity contribution in [1.29, 1.82) is 0 Å². The molecule has 2 rings (SSSR count). The van der Waals surface area contributed by atoms with Gasteiger partial charge in [-0.1, -0.05) is 0 Å². The van der Waals surface area contributed by atoms with Crippen molar-refractivity contribution in [2.75, 3.05) is 5.32 Å². The maximum Gasteiger partial charge on any atom is 0.325 e. The van der Waals surface area contributed by atoms with E-state index in [-0.39, 0.29) is 5.38 Å². The molecule has 0 aromatic carbocycles. The first-order chi connectivity index (χ1) is 7.56. The molecule has 6 heteroatoms. The molecule has 1 aromatic heterocycles. The molecule has 2 atom stereocenters. The van der Waals surface area contributed by atoms with Crippen molar-refractivity contribution < 1.29 is 9.90 Å². The molecule has 1 heterocycles. The van der Waals surface area contributed by atoms with Crippen LogP contribution in [0.15, 0.2) is 0 Å². The highest BCUT2D eigenvalue weighted by molar-refractivity contribution is 7.15. The van der Waals surface area contributed by atoms with Crippen LogP contribution in [0, 0.1) is 0 Å². The third-order valence-electron chi connectivity index (χ3n) is 2.59. The van der Waals surface area contributed by atoms with Crippen LogP contribution in [-0.2, 0) is 17.6 Å². The first kappa shape index (κ1) is 11.7. The highest BCUT2D eigenvalue weighted by Gasteiger charge is 2.22. The molecule has 88 valence electrons. The molecule has 0 amide bonds. The first-order valence-electron chi connectivity index (χ1n) is 5.18. The van der Waals surface area contributed by atoms with Gasteiger partial charge in [0.1, 0.15) is 6.04 Å². The molecule has 1 aromatic rings. The number of hydrogen-bond donors (Lipinski definition) is 2. The summed E-state index contributed by atoms with van der Waals surface area (Å²) in [5.41, 5.74) is 1.02. The molecule has 1 aliphatic rings. The van der Waals surface area contributed by atoms with Crippen molar-refractivity contribution in [3.63, 3.8) is 0 Å². The van der Waals surface area contributed by atoms with Gasteiger partial charge in [0.15, 0.2) is 5.13 Å². The van der Waals surface area contributed by atoms with Gasteiger partial charge in [0.25, 0.3) is 0 Å². The van der Waals surface area contributed by atoms with E-state index < -0.39 is 12.0 Å². The third kappa shape index (κ3) is 2.47. The monoisotopic (exact) mass is 260 g/mol. The lowest BCUT2D eigenvalue weighted by Crippen LogP contribution is -2.25. The van der Waals surface area contributed by atoms with Crippen molar-refractivity contribution in [2.24, 2.45) is 0 Å². The summed E-state index contributed by atoms with van der Waals surface area (Å²) in [7, 11) is 0. The Hall–Kier alpha value is -0.810. The number of carboxylic acid groups (broad SMARTS) is 1. The lowest BCUT2D eigenvalue weighted by molar-refractivity contribution is -0.137. The second kappa shape index (κ2) is 4.59. The van der Waals surface area contributed by atoms with E-state index in [9.17, 15) is 4.79 Å². The zero-order chi connectivity index (χ0) is 11.7. The maximum absolute atomic E-state index is 10.7. The number of alkyl halides is 1. The zero-order valence-electron chi connectivity index (χ0n) is 8.86. The average Bonchev–Trinajstić information content (AvgIpc) is 2.58. The van der Waals surface area contributed by atoms with E-state index in [1.807, 2.05) is 0 Å². The number of thiazole rings is 1. The molecule has 0 aliphatic heterocycles. The number of nitrogens with one attached hydrogen (secondary N) is 1. The SMILES string of the molecule is C[C@@H](Nc1nc2c(s1)CCC(Cl)C2)C(=O)O. The number of aliphatic carboxylic acids is 1. The van der Waals surface area contributed by atoms with Gasteiger partial charge < -0.3 is 10.4 Å². The Morgan fingerprint density at radius 2 is 2.50 bits per heavy atom. The van der Waals surface area contributed by atoms with Crippen LogP contribution >= 0.6 is 22.9 Å². The Morgan fingerprint density at radius 1 is 1.75 bits per heavy atom. The van der Waals surface area contributed by atoms with E-state index >= 15 is 0 Å². The lowest BCUT2D eigenvalue weighted by Gasteiger charge is -2.13. The molecule has 0 bridgehead atoms. The van der Waals surface area contributed by atoms with Gasteiger partial charge in [-0.15, -0.1) is 22.9 Å². The van der Waals surface area contributed by atoms with E-state index in [2.05, 4.69) is 10.3 Å². The number of rotatable bonds is 3. The third-order valence-corrected chi connectivity index (χ3v) is 4.05. The van der Waals surface area contributed by atoms with Crippen LogP contribution in [0.5, 0.6) is 0 Å². The number of anilines is 1. The fourth-order valence-electron chi connectivity index (χ4n) is 1.65. The summed E-state index contributed by atoms with van der Waals surface area (Å²) in [6, 6.07) is -0.612. The Morgan fingerprint density at radius 3 is 3.19 bits per heavy atom. The smallest absolute Gasteiger partial charge is 0.325 e. The second-order valence-electron chi connectivity index (χ2n) is 3.93. The van der Waals surface area contributed by atoms with E-state index in [0.29, 0.717) is 5.13 Å². The van der Waals surface area contributed by atoms with Crippen LogP contribution in [0.4, 0.5) is 5.13 Å². The van der Waals surface area contributed by atoms with Crippen molar-refractivity contribution >= 4 is 34.0 Å². The van der Waals surface area contributed by atoms with Crippen molar-refractivity contribution in [2.45, 2.75) is 37.6 Å². The van der Waals surface area contributed by atoms with Gasteiger partial charge in [0, 0.05) is 16.7 Å². The largest absolute Gasteiger partial charge is 0.480 e. The normalized spacial score (nSPS) is 21.2. The Labute approximate surface area is 103 Å². The van der Waals surface area contributed by atoms with Crippen molar-refractivity contribution in [1.82, 2.24) is 4.98 Å². The molecule has 2 N–H and O–H groups in total. The Bertz CT molecular complexity index is 408. The van der Waals surface area contributed by atoms with Gasteiger partial charge >= 0.3 is 5.97 Å². The van der Waals surface area contributed by atoms with E-state index in [1.165, 1.54) is 16.2 Å². The number of hydrogen-bond acceptors (Lipinski definition) is 4. The van der Waals surface area contributed by atoms with E-state index in [4.69, 9.17) is 16.7 Å². The van der Waals surface area contributed by atoms with Gasteiger partial charge in [-0.05, 0) is 19.8 Å². The van der Waals surface area contributed by atoms with Gasteiger partial charge in [-0.2, -0.15) is 0 Å². The van der Waals surface area contributed by atoms with Crippen molar-refractivity contribution in [3.8, 4) is 0 Å².